The summed E-state index contributed by atoms with van der Waals surface area (Å²) >= 11 is 0. The van der Waals surface area contributed by atoms with Gasteiger partial charge in [0.1, 0.15) is 17.7 Å². The van der Waals surface area contributed by atoms with Crippen LogP contribution in [0.3, 0.4) is 0 Å². The summed E-state index contributed by atoms with van der Waals surface area (Å²) in [7, 11) is 3.04. The first kappa shape index (κ1) is 17.4. The van der Waals surface area contributed by atoms with Crippen LogP contribution < -0.4 is 9.47 Å². The molecule has 0 aliphatic carbocycles. The van der Waals surface area contributed by atoms with Gasteiger partial charge in [0.2, 0.25) is 0 Å². The molecular formula is C20H25O2P. The van der Waals surface area contributed by atoms with E-state index in [1.165, 1.54) is 0 Å². The molecule has 0 fully saturated rings. The summed E-state index contributed by atoms with van der Waals surface area (Å²) in [4.78, 5) is 0. The van der Waals surface area contributed by atoms with Crippen LogP contribution in [0, 0.1) is 12.1 Å². The molecule has 0 bridgehead atoms. The predicted molar refractivity (Wildman–Crippen MR) is 101 cm³/mol. The minimum Gasteiger partial charge on any atom is -0.553 e. The summed E-state index contributed by atoms with van der Waals surface area (Å²) < 4.78 is 11.0. The molecular weight excluding hydrogens is 303 g/mol. The van der Waals surface area contributed by atoms with Gasteiger partial charge in [0, 0.05) is 11.9 Å². The fraction of sp³-hybridized carbons (Fsp3) is 0.300. The average Bonchev–Trinajstić information content (AvgIpc) is 2.55. The van der Waals surface area contributed by atoms with Gasteiger partial charge in [0.05, 0.1) is 27.3 Å². The van der Waals surface area contributed by atoms with Crippen molar-refractivity contribution in [3.8, 4) is 11.5 Å². The lowest BCUT2D eigenvalue weighted by Gasteiger charge is -2.14. The third-order valence-corrected chi connectivity index (χ3v) is 5.84. The minimum atomic E-state index is -0.407. The largest absolute Gasteiger partial charge is 0.553 e. The van der Waals surface area contributed by atoms with Gasteiger partial charge in [0.25, 0.3) is 0 Å². The van der Waals surface area contributed by atoms with E-state index in [2.05, 4.69) is 50.1 Å². The first-order valence-corrected chi connectivity index (χ1v) is 9.52. The summed E-state index contributed by atoms with van der Waals surface area (Å²) in [6.45, 7) is 4.53. The molecule has 23 heavy (non-hydrogen) atoms. The van der Waals surface area contributed by atoms with Crippen molar-refractivity contribution in [3.63, 3.8) is 0 Å². The molecule has 1 atom stereocenters. The molecule has 0 spiro atoms. The Morgan fingerprint density at radius 2 is 1.57 bits per heavy atom. The highest BCUT2D eigenvalue weighted by atomic mass is 31.1. The van der Waals surface area contributed by atoms with Gasteiger partial charge in [0.15, 0.2) is 0 Å². The van der Waals surface area contributed by atoms with E-state index in [1.54, 1.807) is 14.2 Å². The van der Waals surface area contributed by atoms with Crippen molar-refractivity contribution in [2.24, 2.45) is 5.92 Å². The normalized spacial score (nSPS) is 11.4. The molecule has 0 aromatic heterocycles. The van der Waals surface area contributed by atoms with Gasteiger partial charge in [-0.15, -0.1) is 11.6 Å². The van der Waals surface area contributed by atoms with E-state index in [0.717, 1.165) is 28.8 Å². The van der Waals surface area contributed by atoms with Gasteiger partial charge in [-0.1, -0.05) is 38.1 Å². The van der Waals surface area contributed by atoms with Crippen molar-refractivity contribution >= 4 is 13.3 Å². The van der Waals surface area contributed by atoms with Crippen molar-refractivity contribution in [3.05, 3.63) is 65.8 Å². The van der Waals surface area contributed by atoms with Gasteiger partial charge < -0.3 is 9.47 Å². The number of hydrogen-bond acceptors (Lipinski definition) is 2. The lowest BCUT2D eigenvalue weighted by molar-refractivity contribution is 0.413. The van der Waals surface area contributed by atoms with E-state index in [1.807, 2.05) is 24.3 Å². The highest BCUT2D eigenvalue weighted by Gasteiger charge is 2.13. The summed E-state index contributed by atoms with van der Waals surface area (Å²) in [6, 6.07) is 16.4. The third-order valence-electron chi connectivity index (χ3n) is 3.46. The number of ether oxygens (including phenoxy) is 2. The van der Waals surface area contributed by atoms with E-state index in [-0.39, 0.29) is 0 Å². The second kappa shape index (κ2) is 8.64. The Hall–Kier alpha value is -1.92. The molecule has 0 heterocycles. The quantitative estimate of drug-likeness (QED) is 0.513. The molecule has 0 saturated carbocycles. The molecule has 2 aromatic carbocycles. The molecule has 2 rings (SSSR count). The molecule has 2 aromatic rings. The number of para-hydroxylation sites is 2. The summed E-state index contributed by atoms with van der Waals surface area (Å²) in [5, 5.41) is 0. The monoisotopic (exact) mass is 328 g/mol. The van der Waals surface area contributed by atoms with Gasteiger partial charge in [-0.2, -0.15) is 6.07 Å². The summed E-state index contributed by atoms with van der Waals surface area (Å²) in [6.07, 6.45) is 3.49. The first-order chi connectivity index (χ1) is 11.1. The molecule has 0 radical (unpaired) electrons. The van der Waals surface area contributed by atoms with Gasteiger partial charge >= 0.3 is 0 Å². The molecule has 0 saturated heterocycles. The maximum absolute atomic E-state index is 5.49. The molecule has 122 valence electrons. The second-order valence-corrected chi connectivity index (χ2v) is 7.74. The topological polar surface area (TPSA) is 18.5 Å². The Balaban J connectivity index is 2.35. The SMILES string of the molecule is COc1ccccc1C=[P+]([CH-]c1ccccc1OC)CC(C)C. The number of rotatable bonds is 7. The maximum Gasteiger partial charge on any atom is 0.129 e. The van der Waals surface area contributed by atoms with Crippen LogP contribution in [-0.4, -0.2) is 26.2 Å². The Morgan fingerprint density at radius 1 is 0.957 bits per heavy atom. The van der Waals surface area contributed by atoms with Crippen LogP contribution in [0.5, 0.6) is 11.5 Å². The highest BCUT2D eigenvalue weighted by molar-refractivity contribution is 7.60. The van der Waals surface area contributed by atoms with Crippen LogP contribution in [0.1, 0.15) is 25.0 Å². The van der Waals surface area contributed by atoms with E-state index in [9.17, 15) is 0 Å². The maximum atomic E-state index is 5.49. The Kier molecular flexibility index (Phi) is 6.55. The lowest BCUT2D eigenvalue weighted by Crippen LogP contribution is -1.97. The molecule has 3 heteroatoms. The Bertz CT molecular complexity index is 662. The van der Waals surface area contributed by atoms with Gasteiger partial charge in [-0.3, -0.25) is 0 Å². The molecule has 0 N–H and O–H groups in total. The van der Waals surface area contributed by atoms with Crippen LogP contribution in [0.15, 0.2) is 48.5 Å². The molecule has 2 nitrogen and oxygen atoms in total. The van der Waals surface area contributed by atoms with Crippen LogP contribution in [0.25, 0.3) is 0 Å². The van der Waals surface area contributed by atoms with Crippen LogP contribution in [0.2, 0.25) is 0 Å². The average molecular weight is 328 g/mol. The predicted octanol–water partition coefficient (Wildman–Crippen LogP) is 5.20. The molecule has 0 aliphatic heterocycles. The van der Waals surface area contributed by atoms with Gasteiger partial charge in [-0.25, -0.2) is 0 Å². The zero-order valence-electron chi connectivity index (χ0n) is 14.3. The number of hydrogen-bond donors (Lipinski definition) is 0. The van der Waals surface area contributed by atoms with E-state index >= 15 is 0 Å². The molecule has 1 unspecified atom stereocenters. The van der Waals surface area contributed by atoms with Crippen LogP contribution >= 0.6 is 7.55 Å². The molecule has 0 aliphatic rings. The molecule has 0 amide bonds. The minimum absolute atomic E-state index is 0.407. The third kappa shape index (κ3) is 5.04. The lowest BCUT2D eigenvalue weighted by atomic mass is 10.2. The summed E-state index contributed by atoms with van der Waals surface area (Å²) in [5.74, 6) is 4.84. The van der Waals surface area contributed by atoms with Crippen molar-refractivity contribution < 1.29 is 9.47 Å². The fourth-order valence-corrected chi connectivity index (χ4v) is 4.74. The van der Waals surface area contributed by atoms with Crippen molar-refractivity contribution in [1.29, 1.82) is 0 Å². The van der Waals surface area contributed by atoms with Crippen molar-refractivity contribution in [1.82, 2.24) is 0 Å². The first-order valence-electron chi connectivity index (χ1n) is 7.85. The van der Waals surface area contributed by atoms with Crippen molar-refractivity contribution in [2.75, 3.05) is 20.4 Å². The zero-order valence-corrected chi connectivity index (χ0v) is 15.2. The fourth-order valence-electron chi connectivity index (χ4n) is 2.47. The van der Waals surface area contributed by atoms with Crippen molar-refractivity contribution in [2.45, 2.75) is 13.8 Å². The number of benzene rings is 2. The van der Waals surface area contributed by atoms with E-state index < -0.39 is 7.55 Å². The van der Waals surface area contributed by atoms with E-state index in [4.69, 9.17) is 9.47 Å². The smallest absolute Gasteiger partial charge is 0.129 e. The Labute approximate surface area is 140 Å². The summed E-state index contributed by atoms with van der Waals surface area (Å²) in [5.41, 5.74) is 2.32. The van der Waals surface area contributed by atoms with Crippen LogP contribution in [-0.2, 0) is 0 Å². The Morgan fingerprint density at radius 3 is 2.22 bits per heavy atom. The zero-order chi connectivity index (χ0) is 16.7. The second-order valence-electron chi connectivity index (χ2n) is 5.83. The standard InChI is InChI=1S/C20H25O2P/c1-16(2)13-23(14-17-9-5-7-11-19(17)21-3)15-18-10-6-8-12-20(18)22-4/h5-12,14-16H,13H2,1-4H3. The highest BCUT2D eigenvalue weighted by Crippen LogP contribution is 2.38. The van der Waals surface area contributed by atoms with Crippen LogP contribution in [0.4, 0.5) is 0 Å². The van der Waals surface area contributed by atoms with E-state index in [0.29, 0.717) is 5.92 Å². The van der Waals surface area contributed by atoms with Gasteiger partial charge in [-0.05, 0) is 18.1 Å². The number of methoxy groups -OCH3 is 2.